The third kappa shape index (κ3) is 5.74. The monoisotopic (exact) mass is 495 g/mol. The first-order valence-corrected chi connectivity index (χ1v) is 13.0. The van der Waals surface area contributed by atoms with Crippen molar-refractivity contribution in [2.45, 2.75) is 45.4 Å². The molecule has 4 aromatic rings. The number of carbonyl (C=O) groups is 2. The van der Waals surface area contributed by atoms with E-state index < -0.39 is 5.82 Å². The van der Waals surface area contributed by atoms with Crippen molar-refractivity contribution >= 4 is 22.6 Å². The lowest BCUT2D eigenvalue weighted by atomic mass is 9.92. The van der Waals surface area contributed by atoms with Gasteiger partial charge in [0, 0.05) is 47.9 Å². The quantitative estimate of drug-likeness (QED) is 0.200. The van der Waals surface area contributed by atoms with Gasteiger partial charge in [0.25, 0.3) is 5.91 Å². The smallest absolute Gasteiger partial charge is 0.252 e. The number of Topliss-reactive ketones (excluding diaryl/α,β-unsaturated/α-hetero) is 1. The molecular formula is C31H30FN3O2. The SMILES string of the molecule is CCCCNC(=O)c1ccc(-c2cc3c(Cc4ccccc4)c(C(=O)CC4CC4)cnc3cc2F)nc1. The molecule has 1 amide bonds. The molecule has 0 saturated heterocycles. The second-order valence-corrected chi connectivity index (χ2v) is 9.77. The van der Waals surface area contributed by atoms with Crippen molar-refractivity contribution in [1.29, 1.82) is 0 Å². The number of hydrogen-bond acceptors (Lipinski definition) is 4. The number of pyridine rings is 2. The Morgan fingerprint density at radius 1 is 1.03 bits per heavy atom. The molecule has 1 aliphatic carbocycles. The van der Waals surface area contributed by atoms with Crippen LogP contribution in [0.4, 0.5) is 4.39 Å². The Hall–Kier alpha value is -3.93. The van der Waals surface area contributed by atoms with Gasteiger partial charge in [-0.05, 0) is 60.9 Å². The maximum absolute atomic E-state index is 15.2. The van der Waals surface area contributed by atoms with Crippen LogP contribution in [0.2, 0.25) is 0 Å². The van der Waals surface area contributed by atoms with E-state index in [4.69, 9.17) is 0 Å². The van der Waals surface area contributed by atoms with Crippen molar-refractivity contribution in [2.24, 2.45) is 5.92 Å². The van der Waals surface area contributed by atoms with Gasteiger partial charge >= 0.3 is 0 Å². The number of halogens is 1. The minimum atomic E-state index is -0.449. The number of fused-ring (bicyclic) bond motifs is 1. The van der Waals surface area contributed by atoms with E-state index in [0.717, 1.165) is 42.2 Å². The van der Waals surface area contributed by atoms with E-state index in [1.54, 1.807) is 24.4 Å². The first-order valence-electron chi connectivity index (χ1n) is 13.0. The Morgan fingerprint density at radius 3 is 2.54 bits per heavy atom. The Bertz CT molecular complexity index is 1430. The number of carbonyl (C=O) groups excluding carboxylic acids is 2. The summed E-state index contributed by atoms with van der Waals surface area (Å²) < 4.78 is 15.2. The van der Waals surface area contributed by atoms with E-state index in [9.17, 15) is 9.59 Å². The summed E-state index contributed by atoms with van der Waals surface area (Å²) in [6, 6.07) is 16.4. The van der Waals surface area contributed by atoms with Crippen molar-refractivity contribution in [3.05, 3.63) is 95.1 Å². The molecule has 0 unspecified atom stereocenters. The molecule has 1 saturated carbocycles. The highest BCUT2D eigenvalue weighted by Gasteiger charge is 2.27. The second kappa shape index (κ2) is 11.0. The summed E-state index contributed by atoms with van der Waals surface area (Å²) in [7, 11) is 0. The molecule has 1 N–H and O–H groups in total. The molecule has 5 rings (SSSR count). The number of benzene rings is 2. The van der Waals surface area contributed by atoms with Gasteiger partial charge in [-0.2, -0.15) is 0 Å². The maximum Gasteiger partial charge on any atom is 0.252 e. The summed E-state index contributed by atoms with van der Waals surface area (Å²) in [5.74, 6) is -0.0984. The minimum Gasteiger partial charge on any atom is -0.352 e. The highest BCUT2D eigenvalue weighted by atomic mass is 19.1. The fraction of sp³-hybridized carbons (Fsp3) is 0.290. The summed E-state index contributed by atoms with van der Waals surface area (Å²) in [6.45, 7) is 2.67. The molecule has 2 aromatic carbocycles. The van der Waals surface area contributed by atoms with Crippen LogP contribution in [-0.4, -0.2) is 28.2 Å². The van der Waals surface area contributed by atoms with Gasteiger partial charge in [-0.15, -0.1) is 0 Å². The topological polar surface area (TPSA) is 72.0 Å². The Kier molecular flexibility index (Phi) is 7.35. The maximum atomic E-state index is 15.2. The number of nitrogens with zero attached hydrogens (tertiary/aromatic N) is 2. The van der Waals surface area contributed by atoms with E-state index in [1.807, 2.05) is 30.3 Å². The fourth-order valence-corrected chi connectivity index (χ4v) is 4.56. The molecule has 1 aliphatic rings. The number of hydrogen-bond donors (Lipinski definition) is 1. The van der Waals surface area contributed by atoms with Crippen LogP contribution in [-0.2, 0) is 6.42 Å². The number of amides is 1. The van der Waals surface area contributed by atoms with E-state index in [1.165, 1.54) is 12.3 Å². The summed E-state index contributed by atoms with van der Waals surface area (Å²) in [6.07, 6.45) is 8.22. The van der Waals surface area contributed by atoms with Crippen LogP contribution in [0.3, 0.4) is 0 Å². The van der Waals surface area contributed by atoms with Gasteiger partial charge in [0.05, 0.1) is 16.8 Å². The number of aromatic nitrogens is 2. The predicted octanol–water partition coefficient (Wildman–Crippen LogP) is 6.54. The molecule has 1 fully saturated rings. The molecule has 37 heavy (non-hydrogen) atoms. The van der Waals surface area contributed by atoms with Gasteiger partial charge in [0.1, 0.15) is 5.82 Å². The number of ketones is 1. The lowest BCUT2D eigenvalue weighted by molar-refractivity contribution is 0.0950. The van der Waals surface area contributed by atoms with Crippen LogP contribution in [0.25, 0.3) is 22.2 Å². The number of unbranched alkanes of at least 4 members (excludes halogenated alkanes) is 1. The van der Waals surface area contributed by atoms with E-state index >= 15 is 4.39 Å². The number of nitrogens with one attached hydrogen (secondary N) is 1. The molecule has 0 radical (unpaired) electrons. The summed E-state index contributed by atoms with van der Waals surface area (Å²) in [5.41, 5.74) is 4.20. The zero-order chi connectivity index (χ0) is 25.8. The molecule has 2 aromatic heterocycles. The van der Waals surface area contributed by atoms with Crippen LogP contribution < -0.4 is 5.32 Å². The average Bonchev–Trinajstić information content (AvgIpc) is 3.73. The average molecular weight is 496 g/mol. The second-order valence-electron chi connectivity index (χ2n) is 9.77. The minimum absolute atomic E-state index is 0.0882. The van der Waals surface area contributed by atoms with Gasteiger partial charge in [-0.25, -0.2) is 4.39 Å². The number of rotatable bonds is 10. The predicted molar refractivity (Wildman–Crippen MR) is 143 cm³/mol. The molecule has 188 valence electrons. The van der Waals surface area contributed by atoms with Crippen molar-refractivity contribution in [2.75, 3.05) is 6.54 Å². The Morgan fingerprint density at radius 2 is 1.84 bits per heavy atom. The van der Waals surface area contributed by atoms with Crippen molar-refractivity contribution in [3.8, 4) is 11.3 Å². The third-order valence-corrected chi connectivity index (χ3v) is 6.88. The highest BCUT2D eigenvalue weighted by molar-refractivity contribution is 6.02. The lowest BCUT2D eigenvalue weighted by Crippen LogP contribution is -2.24. The molecular weight excluding hydrogens is 465 g/mol. The lowest BCUT2D eigenvalue weighted by Gasteiger charge is -2.14. The van der Waals surface area contributed by atoms with Crippen LogP contribution in [0.5, 0.6) is 0 Å². The van der Waals surface area contributed by atoms with Crippen molar-refractivity contribution in [1.82, 2.24) is 15.3 Å². The molecule has 5 nitrogen and oxygen atoms in total. The fourth-order valence-electron chi connectivity index (χ4n) is 4.56. The van der Waals surface area contributed by atoms with E-state index in [2.05, 4.69) is 22.2 Å². The molecule has 0 atom stereocenters. The third-order valence-electron chi connectivity index (χ3n) is 6.88. The van der Waals surface area contributed by atoms with Crippen molar-refractivity contribution < 1.29 is 14.0 Å². The van der Waals surface area contributed by atoms with Crippen molar-refractivity contribution in [3.63, 3.8) is 0 Å². The van der Waals surface area contributed by atoms with E-state index in [-0.39, 0.29) is 11.7 Å². The van der Waals surface area contributed by atoms with Crippen LogP contribution in [0, 0.1) is 11.7 Å². The van der Waals surface area contributed by atoms with Gasteiger partial charge in [0.15, 0.2) is 5.78 Å². The summed E-state index contributed by atoms with van der Waals surface area (Å²) in [4.78, 5) is 34.4. The first-order chi connectivity index (χ1) is 18.0. The normalized spacial score (nSPS) is 13.0. The molecule has 0 bridgehead atoms. The first kappa shape index (κ1) is 24.8. The van der Waals surface area contributed by atoms with Crippen LogP contribution in [0.15, 0.2) is 67.0 Å². The zero-order valence-electron chi connectivity index (χ0n) is 21.0. The summed E-state index contributed by atoms with van der Waals surface area (Å²) >= 11 is 0. The molecule has 6 heteroatoms. The highest BCUT2D eigenvalue weighted by Crippen LogP contribution is 2.36. The van der Waals surface area contributed by atoms with Gasteiger partial charge in [-0.1, -0.05) is 43.7 Å². The standard InChI is InChI=1S/C31H30FN3O2/c1-2-3-13-33-31(37)22-11-12-28(34-18-22)25-16-24-23(14-20-7-5-4-6-8-20)26(30(36)15-21-9-10-21)19-35-29(24)17-27(25)32/h4-8,11-12,16-19,21H,2-3,9-10,13-15H2,1H3,(H,33,37). The van der Waals surface area contributed by atoms with Crippen LogP contribution >= 0.6 is 0 Å². The molecule has 0 aliphatic heterocycles. The molecule has 0 spiro atoms. The Balaban J connectivity index is 1.54. The molecule has 2 heterocycles. The summed E-state index contributed by atoms with van der Waals surface area (Å²) in [5, 5.41) is 3.61. The zero-order valence-corrected chi connectivity index (χ0v) is 21.0. The van der Waals surface area contributed by atoms with E-state index in [0.29, 0.717) is 53.2 Å². The Labute approximate surface area is 216 Å². The van der Waals surface area contributed by atoms with Gasteiger partial charge < -0.3 is 5.32 Å². The van der Waals surface area contributed by atoms with Gasteiger partial charge in [-0.3, -0.25) is 19.6 Å². The largest absolute Gasteiger partial charge is 0.352 e. The van der Waals surface area contributed by atoms with Crippen LogP contribution in [0.1, 0.15) is 70.9 Å². The van der Waals surface area contributed by atoms with Gasteiger partial charge in [0.2, 0.25) is 0 Å².